The van der Waals surface area contributed by atoms with Crippen molar-refractivity contribution in [1.29, 1.82) is 0 Å². The van der Waals surface area contributed by atoms with E-state index in [2.05, 4.69) is 10.1 Å². The quantitative estimate of drug-likeness (QED) is 0.564. The molecule has 0 aliphatic rings. The molecule has 1 aromatic carbocycles. The first-order valence-corrected chi connectivity index (χ1v) is 7.87. The summed E-state index contributed by atoms with van der Waals surface area (Å²) in [6.07, 6.45) is 0. The van der Waals surface area contributed by atoms with Gasteiger partial charge in [-0.1, -0.05) is 26.0 Å². The summed E-state index contributed by atoms with van der Waals surface area (Å²) in [5.41, 5.74) is 1.86. The molecule has 0 unspecified atom stereocenters. The number of hydrogen-bond donors (Lipinski definition) is 1. The Balaban J connectivity index is 2.35. The zero-order valence-corrected chi connectivity index (χ0v) is 13.9. The zero-order valence-electron chi connectivity index (χ0n) is 13.9. The lowest BCUT2D eigenvalue weighted by Crippen LogP contribution is -2.08. The van der Waals surface area contributed by atoms with Crippen LogP contribution in [0.5, 0.6) is 0 Å². The molecule has 0 aliphatic heterocycles. The van der Waals surface area contributed by atoms with Gasteiger partial charge in [-0.25, -0.2) is 19.1 Å². The van der Waals surface area contributed by atoms with Crippen LogP contribution in [0, 0.1) is 6.92 Å². The number of hydrogen-bond acceptors (Lipinski definition) is 5. The second-order valence-corrected chi connectivity index (χ2v) is 6.32. The Morgan fingerprint density at radius 2 is 2.04 bits per heavy atom. The van der Waals surface area contributed by atoms with E-state index in [1.165, 1.54) is 6.07 Å². The van der Waals surface area contributed by atoms with E-state index < -0.39 is 11.6 Å². The molecular formula is C18H15N3O4. The molecule has 4 aromatic rings. The molecule has 7 nitrogen and oxygen atoms in total. The normalized spacial score (nSPS) is 11.8. The van der Waals surface area contributed by atoms with E-state index in [-0.39, 0.29) is 17.1 Å². The summed E-state index contributed by atoms with van der Waals surface area (Å²) >= 11 is 0. The molecule has 0 fully saturated rings. The maximum Gasteiger partial charge on any atom is 0.365 e. The highest BCUT2D eigenvalue weighted by molar-refractivity contribution is 6.12. The van der Waals surface area contributed by atoms with Crippen LogP contribution >= 0.6 is 0 Å². The molecular weight excluding hydrogens is 322 g/mol. The van der Waals surface area contributed by atoms with Crippen LogP contribution in [0.15, 0.2) is 33.5 Å². The van der Waals surface area contributed by atoms with Gasteiger partial charge in [-0.05, 0) is 30.5 Å². The number of benzene rings is 1. The molecule has 0 atom stereocenters. The van der Waals surface area contributed by atoms with Crippen molar-refractivity contribution in [3.8, 4) is 0 Å². The van der Waals surface area contributed by atoms with Crippen molar-refractivity contribution in [2.75, 3.05) is 0 Å². The van der Waals surface area contributed by atoms with E-state index >= 15 is 0 Å². The first-order chi connectivity index (χ1) is 11.9. The predicted molar refractivity (Wildman–Crippen MR) is 92.3 cm³/mol. The molecule has 7 heteroatoms. The minimum atomic E-state index is -1.12. The van der Waals surface area contributed by atoms with Crippen molar-refractivity contribution in [1.82, 2.24) is 14.6 Å². The van der Waals surface area contributed by atoms with Crippen molar-refractivity contribution < 1.29 is 14.3 Å². The van der Waals surface area contributed by atoms with E-state index in [9.17, 15) is 14.7 Å². The Labute approximate surface area is 141 Å². The Hall–Kier alpha value is -3.22. The lowest BCUT2D eigenvalue weighted by molar-refractivity contribution is 0.0690. The highest BCUT2D eigenvalue weighted by Crippen LogP contribution is 2.30. The van der Waals surface area contributed by atoms with Gasteiger partial charge < -0.3 is 9.52 Å². The van der Waals surface area contributed by atoms with Gasteiger partial charge in [0.25, 0.3) is 0 Å². The molecule has 0 bridgehead atoms. The second-order valence-electron chi connectivity index (χ2n) is 6.32. The van der Waals surface area contributed by atoms with Crippen LogP contribution in [0.4, 0.5) is 0 Å². The molecule has 0 spiro atoms. The summed E-state index contributed by atoms with van der Waals surface area (Å²) in [7, 11) is 0. The number of carboxylic acid groups (broad SMARTS) is 1. The predicted octanol–water partition coefficient (Wildman–Crippen LogP) is 3.12. The molecule has 0 saturated carbocycles. The molecule has 3 aromatic heterocycles. The van der Waals surface area contributed by atoms with Crippen LogP contribution in [-0.4, -0.2) is 25.7 Å². The van der Waals surface area contributed by atoms with Crippen molar-refractivity contribution in [3.05, 3.63) is 51.6 Å². The largest absolute Gasteiger partial charge is 0.477 e. The van der Waals surface area contributed by atoms with Crippen LogP contribution in [0.1, 0.15) is 41.5 Å². The van der Waals surface area contributed by atoms with Gasteiger partial charge in [-0.15, -0.1) is 0 Å². The van der Waals surface area contributed by atoms with Crippen molar-refractivity contribution in [2.45, 2.75) is 26.7 Å². The van der Waals surface area contributed by atoms with Gasteiger partial charge >= 0.3 is 11.6 Å². The van der Waals surface area contributed by atoms with Gasteiger partial charge in [0.15, 0.2) is 16.9 Å². The molecule has 126 valence electrons. The van der Waals surface area contributed by atoms with E-state index in [4.69, 9.17) is 4.42 Å². The number of aromatic carboxylic acids is 1. The number of carboxylic acids is 1. The molecule has 0 radical (unpaired) electrons. The summed E-state index contributed by atoms with van der Waals surface area (Å²) in [6, 6.07) is 6.89. The fraction of sp³-hybridized carbons (Fsp3) is 0.222. The van der Waals surface area contributed by atoms with Gasteiger partial charge in [-0.2, -0.15) is 5.10 Å². The maximum atomic E-state index is 12.4. The maximum absolute atomic E-state index is 12.4. The van der Waals surface area contributed by atoms with Gasteiger partial charge in [0.2, 0.25) is 0 Å². The Bertz CT molecular complexity index is 1230. The van der Waals surface area contributed by atoms with E-state index in [1.807, 2.05) is 26.8 Å². The zero-order chi connectivity index (χ0) is 17.9. The number of carbonyl (C=O) groups is 1. The molecule has 25 heavy (non-hydrogen) atoms. The lowest BCUT2D eigenvalue weighted by atomic mass is 10.1. The van der Waals surface area contributed by atoms with Crippen LogP contribution in [0.3, 0.4) is 0 Å². The summed E-state index contributed by atoms with van der Waals surface area (Å²) in [5, 5.41) is 15.0. The van der Waals surface area contributed by atoms with E-state index in [0.29, 0.717) is 22.3 Å². The van der Waals surface area contributed by atoms with E-state index in [1.54, 1.807) is 16.6 Å². The lowest BCUT2D eigenvalue weighted by Gasteiger charge is -2.09. The van der Waals surface area contributed by atoms with Gasteiger partial charge in [0.05, 0.1) is 5.39 Å². The standard InChI is InChI=1S/C18H15N3O4/c1-8(2)11-7-10(17(22)23)19-16-14-13-9(3)5-4-6-12(13)25-18(24)15(14)20-21(11)16/h4-8H,1-3H3,(H,22,23). The number of rotatable bonds is 2. The Morgan fingerprint density at radius 1 is 1.28 bits per heavy atom. The SMILES string of the molecule is Cc1cccc2oc(=O)c3nn4c(C(C)C)cc(C(=O)O)nc4c3c12. The van der Waals surface area contributed by atoms with Crippen molar-refractivity contribution in [3.63, 3.8) is 0 Å². The molecule has 3 heterocycles. The monoisotopic (exact) mass is 337 g/mol. The minimum Gasteiger partial charge on any atom is -0.477 e. The fourth-order valence-electron chi connectivity index (χ4n) is 3.13. The summed E-state index contributed by atoms with van der Waals surface area (Å²) in [4.78, 5) is 28.1. The first kappa shape index (κ1) is 15.3. The summed E-state index contributed by atoms with van der Waals surface area (Å²) in [5.74, 6) is -1.12. The first-order valence-electron chi connectivity index (χ1n) is 7.87. The third-order valence-electron chi connectivity index (χ3n) is 4.31. The number of nitrogens with zero attached hydrogens (tertiary/aromatic N) is 3. The van der Waals surface area contributed by atoms with Gasteiger partial charge in [0, 0.05) is 11.1 Å². The van der Waals surface area contributed by atoms with Crippen LogP contribution in [-0.2, 0) is 0 Å². The van der Waals surface area contributed by atoms with Gasteiger partial charge in [-0.3, -0.25) is 0 Å². The Kier molecular flexibility index (Phi) is 3.15. The van der Waals surface area contributed by atoms with Crippen molar-refractivity contribution >= 4 is 33.5 Å². The van der Waals surface area contributed by atoms with Crippen LogP contribution < -0.4 is 5.63 Å². The number of aromatic nitrogens is 3. The highest BCUT2D eigenvalue weighted by atomic mass is 16.4. The van der Waals surface area contributed by atoms with E-state index in [0.717, 1.165) is 10.9 Å². The number of fused-ring (bicyclic) bond motifs is 5. The third-order valence-corrected chi connectivity index (χ3v) is 4.31. The van der Waals surface area contributed by atoms with Crippen LogP contribution in [0.25, 0.3) is 27.5 Å². The molecule has 1 N–H and O–H groups in total. The summed E-state index contributed by atoms with van der Waals surface area (Å²) in [6.45, 7) is 5.76. The fourth-order valence-corrected chi connectivity index (χ4v) is 3.13. The molecule has 4 rings (SSSR count). The van der Waals surface area contributed by atoms with Gasteiger partial charge in [0.1, 0.15) is 5.58 Å². The summed E-state index contributed by atoms with van der Waals surface area (Å²) < 4.78 is 6.93. The van der Waals surface area contributed by atoms with Crippen LogP contribution in [0.2, 0.25) is 0 Å². The molecule has 0 aliphatic carbocycles. The highest BCUT2D eigenvalue weighted by Gasteiger charge is 2.21. The topological polar surface area (TPSA) is 97.7 Å². The minimum absolute atomic E-state index is 0.00249. The molecule has 0 saturated heterocycles. The average molecular weight is 337 g/mol. The molecule has 0 amide bonds. The third kappa shape index (κ3) is 2.12. The number of aryl methyl sites for hydroxylation is 1. The smallest absolute Gasteiger partial charge is 0.365 e. The second kappa shape index (κ2) is 5.14. The van der Waals surface area contributed by atoms with Crippen molar-refractivity contribution in [2.24, 2.45) is 0 Å². The average Bonchev–Trinajstić information content (AvgIpc) is 2.94. The Morgan fingerprint density at radius 3 is 2.72 bits per heavy atom.